The minimum atomic E-state index is 0. The number of quaternary nitrogens is 1. The van der Waals surface area contributed by atoms with Crippen LogP contribution >= 0.6 is 0 Å². The third-order valence-corrected chi connectivity index (χ3v) is 3.90. The van der Waals surface area contributed by atoms with E-state index < -0.39 is 0 Å². The Morgan fingerprint density at radius 3 is 1.89 bits per heavy atom. The normalized spacial score (nSPS) is 10.7. The van der Waals surface area contributed by atoms with Crippen molar-refractivity contribution in [2.75, 3.05) is 33.3 Å². The maximum absolute atomic E-state index is 12.3. The fourth-order valence-electron chi connectivity index (χ4n) is 2.18. The summed E-state index contributed by atoms with van der Waals surface area (Å²) in [4.78, 5) is 12.3. The molecule has 1 rings (SSSR count). The molecule has 0 atom stereocenters. The quantitative estimate of drug-likeness (QED) is 0.510. The Bertz CT molecular complexity index is 377. The highest BCUT2D eigenvalue weighted by molar-refractivity contribution is 5.97. The molecule has 0 saturated carbocycles. The van der Waals surface area contributed by atoms with Crippen molar-refractivity contribution < 1.29 is 31.0 Å². The Balaban J connectivity index is 0.00000324. The Morgan fingerprint density at radius 1 is 1.05 bits per heavy atom. The molecule has 0 heterocycles. The molecule has 1 aromatic rings. The van der Waals surface area contributed by atoms with Crippen LogP contribution in [0.2, 0.25) is 0 Å². The molecular formula is C15H24BrNO2. The second-order valence-electron chi connectivity index (χ2n) is 4.60. The van der Waals surface area contributed by atoms with E-state index in [-0.39, 0.29) is 22.8 Å². The maximum Gasteiger partial charge on any atom is 0.216 e. The van der Waals surface area contributed by atoms with Crippen LogP contribution in [0.1, 0.15) is 31.1 Å². The molecule has 19 heavy (non-hydrogen) atoms. The van der Waals surface area contributed by atoms with E-state index in [1.807, 2.05) is 24.3 Å². The number of ketones is 1. The lowest BCUT2D eigenvalue weighted by Crippen LogP contribution is -3.00. The van der Waals surface area contributed by atoms with Gasteiger partial charge in [0.15, 0.2) is 0 Å². The number of nitrogens with zero attached hydrogens (tertiary/aromatic N) is 1. The lowest BCUT2D eigenvalue weighted by atomic mass is 10.1. The molecule has 0 unspecified atom stereocenters. The molecule has 108 valence electrons. The number of carbonyl (C=O) groups is 1. The summed E-state index contributed by atoms with van der Waals surface area (Å²) in [6, 6.07) is 7.37. The van der Waals surface area contributed by atoms with Crippen LogP contribution in [0.5, 0.6) is 5.75 Å². The highest BCUT2D eigenvalue weighted by atomic mass is 79.9. The molecule has 0 N–H and O–H groups in total. The minimum Gasteiger partial charge on any atom is -1.00 e. The fourth-order valence-corrected chi connectivity index (χ4v) is 2.18. The predicted octanol–water partition coefficient (Wildman–Crippen LogP) is -0.242. The lowest BCUT2D eigenvalue weighted by Gasteiger charge is -2.35. The summed E-state index contributed by atoms with van der Waals surface area (Å²) in [5.41, 5.74) is 0.772. The van der Waals surface area contributed by atoms with Crippen LogP contribution in [0.25, 0.3) is 0 Å². The summed E-state index contributed by atoms with van der Waals surface area (Å²) in [5.74, 6) is 0.997. The first kappa shape index (κ1) is 18.1. The van der Waals surface area contributed by atoms with E-state index >= 15 is 0 Å². The van der Waals surface area contributed by atoms with Gasteiger partial charge in [0, 0.05) is 5.56 Å². The lowest BCUT2D eigenvalue weighted by molar-refractivity contribution is -0.915. The van der Waals surface area contributed by atoms with Gasteiger partial charge >= 0.3 is 0 Å². The summed E-state index contributed by atoms with van der Waals surface area (Å²) >= 11 is 0. The first-order valence-corrected chi connectivity index (χ1v) is 6.63. The van der Waals surface area contributed by atoms with Crippen molar-refractivity contribution in [2.24, 2.45) is 0 Å². The molecule has 3 nitrogen and oxygen atoms in total. The van der Waals surface area contributed by atoms with E-state index in [1.165, 1.54) is 0 Å². The van der Waals surface area contributed by atoms with Crippen LogP contribution in [-0.4, -0.2) is 43.6 Å². The number of methoxy groups -OCH3 is 1. The topological polar surface area (TPSA) is 26.3 Å². The SMILES string of the molecule is CC[N+](CC)(CC)CC(=O)c1ccc(OC)cc1.[Br-]. The van der Waals surface area contributed by atoms with Gasteiger partial charge in [-0.15, -0.1) is 0 Å². The van der Waals surface area contributed by atoms with Crippen LogP contribution in [0.4, 0.5) is 0 Å². The average molecular weight is 330 g/mol. The summed E-state index contributed by atoms with van der Waals surface area (Å²) in [6.07, 6.45) is 0. The number of likely N-dealkylation sites (N-methyl/N-ethyl adjacent to an activating group) is 1. The van der Waals surface area contributed by atoms with Crippen molar-refractivity contribution in [3.63, 3.8) is 0 Å². The van der Waals surface area contributed by atoms with E-state index in [4.69, 9.17) is 4.74 Å². The zero-order valence-corrected chi connectivity index (χ0v) is 13.9. The second kappa shape index (κ2) is 8.33. The smallest absolute Gasteiger partial charge is 0.216 e. The fraction of sp³-hybridized carbons (Fsp3) is 0.533. The zero-order valence-electron chi connectivity index (χ0n) is 12.3. The second-order valence-corrected chi connectivity index (χ2v) is 4.60. The third-order valence-electron chi connectivity index (χ3n) is 3.90. The van der Waals surface area contributed by atoms with E-state index in [2.05, 4.69) is 20.8 Å². The molecule has 0 aliphatic rings. The largest absolute Gasteiger partial charge is 1.00 e. The number of ether oxygens (including phenoxy) is 1. The van der Waals surface area contributed by atoms with Crippen molar-refractivity contribution in [1.82, 2.24) is 0 Å². The Kier molecular flexibility index (Phi) is 7.95. The maximum atomic E-state index is 12.3. The Hall–Kier alpha value is -0.870. The van der Waals surface area contributed by atoms with Crippen LogP contribution in [0.3, 0.4) is 0 Å². The van der Waals surface area contributed by atoms with Gasteiger partial charge in [0.1, 0.15) is 12.3 Å². The number of carbonyl (C=O) groups excluding carboxylic acids is 1. The Labute approximate surface area is 126 Å². The highest BCUT2D eigenvalue weighted by Gasteiger charge is 2.25. The number of hydrogen-bond acceptors (Lipinski definition) is 2. The molecular weight excluding hydrogens is 306 g/mol. The average Bonchev–Trinajstić information content (AvgIpc) is 2.45. The molecule has 0 amide bonds. The van der Waals surface area contributed by atoms with Crippen molar-refractivity contribution in [3.05, 3.63) is 29.8 Å². The van der Waals surface area contributed by atoms with Crippen LogP contribution in [0.15, 0.2) is 24.3 Å². The van der Waals surface area contributed by atoms with Crippen molar-refractivity contribution in [2.45, 2.75) is 20.8 Å². The summed E-state index contributed by atoms with van der Waals surface area (Å²) in [6.45, 7) is 10.0. The van der Waals surface area contributed by atoms with Crippen molar-refractivity contribution >= 4 is 5.78 Å². The van der Waals surface area contributed by atoms with E-state index in [1.54, 1.807) is 7.11 Å². The summed E-state index contributed by atoms with van der Waals surface area (Å²) < 4.78 is 5.95. The van der Waals surface area contributed by atoms with E-state index in [9.17, 15) is 4.79 Å². The monoisotopic (exact) mass is 329 g/mol. The molecule has 0 fully saturated rings. The Morgan fingerprint density at radius 2 is 1.53 bits per heavy atom. The summed E-state index contributed by atoms with van der Waals surface area (Å²) in [5, 5.41) is 0. The number of benzene rings is 1. The van der Waals surface area contributed by atoms with Gasteiger partial charge in [0.05, 0.1) is 26.7 Å². The molecule has 0 radical (unpaired) electrons. The van der Waals surface area contributed by atoms with E-state index in [0.29, 0.717) is 6.54 Å². The minimum absolute atomic E-state index is 0. The van der Waals surface area contributed by atoms with Crippen molar-refractivity contribution in [1.29, 1.82) is 0 Å². The van der Waals surface area contributed by atoms with Crippen LogP contribution in [0, 0.1) is 0 Å². The zero-order chi connectivity index (χ0) is 13.6. The molecule has 0 aliphatic heterocycles. The van der Waals surface area contributed by atoms with Gasteiger partial charge in [-0.05, 0) is 45.0 Å². The van der Waals surface area contributed by atoms with Gasteiger partial charge in [-0.3, -0.25) is 4.79 Å². The van der Waals surface area contributed by atoms with Gasteiger partial charge in [-0.2, -0.15) is 0 Å². The standard InChI is InChI=1S/C15H24NO2.BrH/c1-5-16(6-2,7-3)12-15(17)13-8-10-14(18-4)11-9-13;/h8-11H,5-7,12H2,1-4H3;1H/q+1;/p-1. The van der Waals surface area contributed by atoms with Crippen molar-refractivity contribution in [3.8, 4) is 5.75 Å². The van der Waals surface area contributed by atoms with Gasteiger partial charge in [-0.25, -0.2) is 0 Å². The molecule has 0 aliphatic carbocycles. The number of hydrogen-bond donors (Lipinski definition) is 0. The molecule has 1 aromatic carbocycles. The molecule has 0 bridgehead atoms. The third kappa shape index (κ3) is 4.62. The number of Topliss-reactive ketones (excluding diaryl/α,β-unsaturated/α-hetero) is 1. The van der Waals surface area contributed by atoms with Crippen LogP contribution in [-0.2, 0) is 0 Å². The molecule has 0 aromatic heterocycles. The van der Waals surface area contributed by atoms with Gasteiger partial charge in [0.25, 0.3) is 0 Å². The molecule has 0 spiro atoms. The van der Waals surface area contributed by atoms with Crippen LogP contribution < -0.4 is 21.7 Å². The van der Waals surface area contributed by atoms with Gasteiger partial charge in [-0.1, -0.05) is 0 Å². The first-order chi connectivity index (χ1) is 8.60. The molecule has 0 saturated heterocycles. The summed E-state index contributed by atoms with van der Waals surface area (Å²) in [7, 11) is 1.63. The van der Waals surface area contributed by atoms with Gasteiger partial charge < -0.3 is 26.2 Å². The highest BCUT2D eigenvalue weighted by Crippen LogP contribution is 2.14. The number of halogens is 1. The first-order valence-electron chi connectivity index (χ1n) is 6.63. The predicted molar refractivity (Wildman–Crippen MR) is 74.1 cm³/mol. The molecule has 4 heteroatoms. The van der Waals surface area contributed by atoms with E-state index in [0.717, 1.165) is 35.4 Å². The van der Waals surface area contributed by atoms with Gasteiger partial charge in [0.2, 0.25) is 5.78 Å². The number of rotatable bonds is 7.